The highest BCUT2D eigenvalue weighted by Crippen LogP contribution is 2.09. The fourth-order valence-electron chi connectivity index (χ4n) is 2.50. The lowest BCUT2D eigenvalue weighted by Gasteiger charge is -2.01. The van der Waals surface area contributed by atoms with Crippen LogP contribution in [0, 0.1) is 0 Å². The molecule has 0 heterocycles. The number of hydrogen-bond donors (Lipinski definition) is 3. The van der Waals surface area contributed by atoms with E-state index in [1.54, 1.807) is 13.0 Å². The van der Waals surface area contributed by atoms with Crippen LogP contribution in [0.5, 0.6) is 0 Å². The number of amides is 1. The maximum Gasteiger partial charge on any atom is 0.303 e. The molecule has 1 atom stereocenters. The summed E-state index contributed by atoms with van der Waals surface area (Å²) >= 11 is 0. The van der Waals surface area contributed by atoms with Crippen molar-refractivity contribution >= 4 is 11.9 Å². The molecule has 3 N–H and O–H groups in total. The molecule has 0 aliphatic heterocycles. The highest BCUT2D eigenvalue weighted by atomic mass is 16.4. The van der Waals surface area contributed by atoms with Gasteiger partial charge in [0.25, 0.3) is 0 Å². The minimum Gasteiger partial charge on any atom is -0.481 e. The van der Waals surface area contributed by atoms with Gasteiger partial charge in [-0.05, 0) is 57.9 Å². The summed E-state index contributed by atoms with van der Waals surface area (Å²) in [7, 11) is 0. The number of aliphatic carboxylic acids is 1. The number of nitrogens with one attached hydrogen (secondary N) is 1. The SMILES string of the molecule is C[C@@H](O)CC=CCCCCCCCCC=CC(=O)NCCCCC(=O)O. The summed E-state index contributed by atoms with van der Waals surface area (Å²) in [6, 6.07) is 0. The predicted molar refractivity (Wildman–Crippen MR) is 106 cm³/mol. The summed E-state index contributed by atoms with van der Waals surface area (Å²) in [5, 5.41) is 20.4. The number of allylic oxidation sites excluding steroid dienone is 2. The molecule has 0 saturated heterocycles. The minimum atomic E-state index is -0.791. The number of carbonyl (C=O) groups excluding carboxylic acids is 1. The number of hydrogen-bond acceptors (Lipinski definition) is 3. The largest absolute Gasteiger partial charge is 0.481 e. The quantitative estimate of drug-likeness (QED) is 0.202. The van der Waals surface area contributed by atoms with Crippen LogP contribution in [0.2, 0.25) is 0 Å². The van der Waals surface area contributed by atoms with E-state index >= 15 is 0 Å². The average molecular weight is 368 g/mol. The summed E-state index contributed by atoms with van der Waals surface area (Å²) < 4.78 is 0. The van der Waals surface area contributed by atoms with E-state index in [2.05, 4.69) is 17.5 Å². The van der Waals surface area contributed by atoms with Gasteiger partial charge in [-0.3, -0.25) is 9.59 Å². The van der Waals surface area contributed by atoms with E-state index < -0.39 is 5.97 Å². The Morgan fingerprint density at radius 2 is 1.50 bits per heavy atom. The Morgan fingerprint density at radius 3 is 2.12 bits per heavy atom. The van der Waals surface area contributed by atoms with Gasteiger partial charge >= 0.3 is 5.97 Å². The lowest BCUT2D eigenvalue weighted by atomic mass is 10.1. The smallest absolute Gasteiger partial charge is 0.303 e. The molecule has 0 unspecified atom stereocenters. The Bertz CT molecular complexity index is 416. The highest BCUT2D eigenvalue weighted by Gasteiger charge is 1.98. The number of carboxylic acids is 1. The van der Waals surface area contributed by atoms with Crippen molar-refractivity contribution in [3.05, 3.63) is 24.3 Å². The van der Waals surface area contributed by atoms with Crippen molar-refractivity contribution in [1.29, 1.82) is 0 Å². The van der Waals surface area contributed by atoms with E-state index in [9.17, 15) is 9.59 Å². The van der Waals surface area contributed by atoms with E-state index in [0.717, 1.165) is 25.7 Å². The third-order valence-corrected chi connectivity index (χ3v) is 4.02. The van der Waals surface area contributed by atoms with Crippen LogP contribution >= 0.6 is 0 Å². The number of aliphatic hydroxyl groups excluding tert-OH is 1. The van der Waals surface area contributed by atoms with Gasteiger partial charge in [0, 0.05) is 13.0 Å². The van der Waals surface area contributed by atoms with Crippen LogP contribution in [0.4, 0.5) is 0 Å². The van der Waals surface area contributed by atoms with E-state index in [1.807, 2.05) is 6.08 Å². The zero-order valence-electron chi connectivity index (χ0n) is 16.3. The maximum absolute atomic E-state index is 11.5. The summed E-state index contributed by atoms with van der Waals surface area (Å²) in [6.07, 6.45) is 18.9. The van der Waals surface area contributed by atoms with Crippen LogP contribution in [0.15, 0.2) is 24.3 Å². The predicted octanol–water partition coefficient (Wildman–Crippen LogP) is 4.36. The standard InChI is InChI=1S/C21H37NO4/c1-19(23)15-11-9-7-5-3-2-4-6-8-10-12-16-20(24)22-18-14-13-17-21(25)26/h9,11-12,16,19,23H,2-8,10,13-15,17-18H2,1H3,(H,22,24)(H,25,26)/t19-/m1/s1. The number of carbonyl (C=O) groups is 2. The lowest BCUT2D eigenvalue weighted by Crippen LogP contribution is -2.22. The summed E-state index contributed by atoms with van der Waals surface area (Å²) in [4.78, 5) is 21.9. The fraction of sp³-hybridized carbons (Fsp3) is 0.714. The molecule has 0 rings (SSSR count). The zero-order chi connectivity index (χ0) is 19.5. The molecular weight excluding hydrogens is 330 g/mol. The van der Waals surface area contributed by atoms with Gasteiger partial charge in [-0.2, -0.15) is 0 Å². The molecule has 0 aromatic carbocycles. The first-order valence-corrected chi connectivity index (χ1v) is 10.0. The molecule has 0 saturated carbocycles. The van der Waals surface area contributed by atoms with Gasteiger partial charge in [0.2, 0.25) is 5.91 Å². The molecule has 1 amide bonds. The van der Waals surface area contributed by atoms with E-state index in [-0.39, 0.29) is 18.4 Å². The molecule has 5 nitrogen and oxygen atoms in total. The molecule has 0 aliphatic carbocycles. The third kappa shape index (κ3) is 20.4. The van der Waals surface area contributed by atoms with Gasteiger partial charge in [0.15, 0.2) is 0 Å². The van der Waals surface area contributed by atoms with Crippen LogP contribution in [-0.2, 0) is 9.59 Å². The van der Waals surface area contributed by atoms with Crippen LogP contribution in [-0.4, -0.2) is 34.7 Å². The second-order valence-electron chi connectivity index (χ2n) is 6.80. The first-order valence-electron chi connectivity index (χ1n) is 10.0. The van der Waals surface area contributed by atoms with Crippen LogP contribution in [0.1, 0.15) is 84.0 Å². The van der Waals surface area contributed by atoms with Gasteiger partial charge in [-0.25, -0.2) is 0 Å². The topological polar surface area (TPSA) is 86.6 Å². The second-order valence-corrected chi connectivity index (χ2v) is 6.80. The van der Waals surface area contributed by atoms with E-state index in [1.165, 1.54) is 32.1 Å². The van der Waals surface area contributed by atoms with Crippen LogP contribution in [0.3, 0.4) is 0 Å². The fourth-order valence-corrected chi connectivity index (χ4v) is 2.50. The van der Waals surface area contributed by atoms with Crippen molar-refractivity contribution in [1.82, 2.24) is 5.32 Å². The molecule has 0 radical (unpaired) electrons. The first kappa shape index (κ1) is 24.4. The van der Waals surface area contributed by atoms with Crippen LogP contribution in [0.25, 0.3) is 0 Å². The van der Waals surface area contributed by atoms with Crippen LogP contribution < -0.4 is 5.32 Å². The van der Waals surface area contributed by atoms with Gasteiger partial charge in [0.1, 0.15) is 0 Å². The highest BCUT2D eigenvalue weighted by molar-refractivity contribution is 5.87. The molecule has 0 bridgehead atoms. The van der Waals surface area contributed by atoms with Gasteiger partial charge in [-0.15, -0.1) is 0 Å². The monoisotopic (exact) mass is 367 g/mol. The Kier molecular flexibility index (Phi) is 17.0. The number of carboxylic acid groups (broad SMARTS) is 1. The second kappa shape index (κ2) is 18.2. The Morgan fingerprint density at radius 1 is 0.885 bits per heavy atom. The van der Waals surface area contributed by atoms with Crippen molar-refractivity contribution in [2.45, 2.75) is 90.1 Å². The van der Waals surface area contributed by atoms with Gasteiger partial charge < -0.3 is 15.5 Å². The van der Waals surface area contributed by atoms with Crippen molar-refractivity contribution in [3.63, 3.8) is 0 Å². The summed E-state index contributed by atoms with van der Waals surface area (Å²) in [5.74, 6) is -0.884. The Labute approximate surface area is 158 Å². The third-order valence-electron chi connectivity index (χ3n) is 4.02. The first-order chi connectivity index (χ1) is 12.5. The molecule has 0 spiro atoms. The van der Waals surface area contributed by atoms with Crippen molar-refractivity contribution in [2.75, 3.05) is 6.54 Å². The van der Waals surface area contributed by atoms with Crippen molar-refractivity contribution in [2.24, 2.45) is 0 Å². The molecule has 150 valence electrons. The normalized spacial score (nSPS) is 12.7. The Hall–Kier alpha value is -1.62. The lowest BCUT2D eigenvalue weighted by molar-refractivity contribution is -0.137. The van der Waals surface area contributed by atoms with Gasteiger partial charge in [-0.1, -0.05) is 43.9 Å². The zero-order valence-corrected chi connectivity index (χ0v) is 16.3. The van der Waals surface area contributed by atoms with Crippen molar-refractivity contribution in [3.8, 4) is 0 Å². The maximum atomic E-state index is 11.5. The number of unbranched alkanes of at least 4 members (excludes halogenated alkanes) is 8. The summed E-state index contributed by atoms with van der Waals surface area (Å²) in [6.45, 7) is 2.34. The van der Waals surface area contributed by atoms with Crippen molar-refractivity contribution < 1.29 is 19.8 Å². The van der Waals surface area contributed by atoms with Gasteiger partial charge in [0.05, 0.1) is 6.10 Å². The minimum absolute atomic E-state index is 0.0935. The molecule has 26 heavy (non-hydrogen) atoms. The summed E-state index contributed by atoms with van der Waals surface area (Å²) in [5.41, 5.74) is 0. The Balaban J connectivity index is 3.33. The number of rotatable bonds is 17. The average Bonchev–Trinajstić information content (AvgIpc) is 2.58. The molecular formula is C21H37NO4. The molecule has 0 aromatic heterocycles. The molecule has 0 aromatic rings. The molecule has 0 fully saturated rings. The van der Waals surface area contributed by atoms with E-state index in [0.29, 0.717) is 19.4 Å². The molecule has 5 heteroatoms. The number of aliphatic hydroxyl groups is 1. The molecule has 0 aliphatic rings. The van der Waals surface area contributed by atoms with E-state index in [4.69, 9.17) is 10.2 Å².